The fraction of sp³-hybridized carbons (Fsp3) is 0. The molecule has 0 saturated carbocycles. The molecular weight excluding hydrogens is 218 g/mol. The van der Waals surface area contributed by atoms with E-state index in [4.69, 9.17) is 9.26 Å². The van der Waals surface area contributed by atoms with Gasteiger partial charge in [0.25, 0.3) is 0 Å². The molecule has 0 amide bonds. The lowest BCUT2D eigenvalue weighted by Crippen LogP contribution is -2.02. The number of rotatable bonds is 0. The summed E-state index contributed by atoms with van der Waals surface area (Å²) in [7, 11) is 0. The minimum Gasteiger partial charge on any atom is -0.453 e. The Morgan fingerprint density at radius 2 is 1.76 bits per heavy atom. The Bertz CT molecular complexity index is 798. The van der Waals surface area contributed by atoms with Crippen LogP contribution >= 0.6 is 0 Å². The molecule has 4 heteroatoms. The fourth-order valence-electron chi connectivity index (χ4n) is 2.16. The van der Waals surface area contributed by atoms with Crippen molar-refractivity contribution >= 4 is 10.9 Å². The van der Waals surface area contributed by atoms with Gasteiger partial charge in [0.15, 0.2) is 11.5 Å². The molecule has 1 aliphatic rings. The number of nitrogens with zero attached hydrogens (tertiary/aromatic N) is 1. The van der Waals surface area contributed by atoms with Crippen molar-refractivity contribution in [2.24, 2.45) is 0 Å². The van der Waals surface area contributed by atoms with Crippen LogP contribution in [0, 0.1) is 0 Å². The number of ether oxygens (including phenoxy) is 1. The van der Waals surface area contributed by atoms with E-state index in [1.54, 1.807) is 12.1 Å². The number of benzene rings is 2. The van der Waals surface area contributed by atoms with Crippen LogP contribution in [-0.2, 0) is 0 Å². The van der Waals surface area contributed by atoms with Crippen LogP contribution < -0.4 is 10.4 Å². The molecule has 0 spiro atoms. The molecule has 1 aromatic heterocycles. The number of aromatic nitrogens is 1. The summed E-state index contributed by atoms with van der Waals surface area (Å²) >= 11 is 0. The van der Waals surface area contributed by atoms with Gasteiger partial charge >= 0.3 is 5.63 Å². The highest BCUT2D eigenvalue weighted by atomic mass is 16.5. The molecule has 0 saturated heterocycles. The maximum absolute atomic E-state index is 11.7. The first-order valence-electron chi connectivity index (χ1n) is 5.27. The second kappa shape index (κ2) is 2.79. The van der Waals surface area contributed by atoms with Crippen LogP contribution in [0.4, 0.5) is 0 Å². The van der Waals surface area contributed by atoms with Crippen molar-refractivity contribution < 1.29 is 9.26 Å². The van der Waals surface area contributed by atoms with E-state index in [9.17, 15) is 4.79 Å². The van der Waals surface area contributed by atoms with E-state index in [0.717, 1.165) is 5.69 Å². The second-order valence-corrected chi connectivity index (χ2v) is 3.90. The van der Waals surface area contributed by atoms with Crippen LogP contribution in [-0.4, -0.2) is 4.74 Å². The van der Waals surface area contributed by atoms with E-state index in [0.29, 0.717) is 22.4 Å². The summed E-state index contributed by atoms with van der Waals surface area (Å²) in [6.45, 7) is 0. The van der Waals surface area contributed by atoms with E-state index in [1.165, 1.54) is 4.74 Å². The minimum absolute atomic E-state index is 0.345. The summed E-state index contributed by atoms with van der Waals surface area (Å²) in [6, 6.07) is 12.8. The quantitative estimate of drug-likeness (QED) is 0.462. The molecule has 0 aliphatic carbocycles. The molecule has 1 aliphatic heterocycles. The van der Waals surface area contributed by atoms with Gasteiger partial charge in [0.1, 0.15) is 11.2 Å². The Labute approximate surface area is 95.6 Å². The third-order valence-corrected chi connectivity index (χ3v) is 2.90. The van der Waals surface area contributed by atoms with Gasteiger partial charge in [0.2, 0.25) is 0 Å². The number of fused-ring (bicyclic) bond motifs is 2. The Morgan fingerprint density at radius 1 is 0.941 bits per heavy atom. The topological polar surface area (TPSA) is 44.4 Å². The minimum atomic E-state index is -0.345. The predicted octanol–water partition coefficient (Wildman–Crippen LogP) is 2.69. The van der Waals surface area contributed by atoms with Crippen molar-refractivity contribution in [1.29, 1.82) is 0 Å². The number of hydrogen-bond donors (Lipinski definition) is 0. The lowest BCUT2D eigenvalue weighted by molar-refractivity contribution is 0.317. The molecule has 3 aromatic rings. The molecule has 17 heavy (non-hydrogen) atoms. The predicted molar refractivity (Wildman–Crippen MR) is 61.9 cm³/mol. The maximum atomic E-state index is 11.7. The van der Waals surface area contributed by atoms with E-state index in [1.807, 2.05) is 30.3 Å². The zero-order chi connectivity index (χ0) is 11.4. The van der Waals surface area contributed by atoms with E-state index < -0.39 is 0 Å². The van der Waals surface area contributed by atoms with E-state index in [2.05, 4.69) is 0 Å². The standard InChI is InChI=1S/C13H7NO3/c15-13-8-4-3-7-11-12(8)14(17-13)9-5-1-2-6-10(9)16-11/h1-7H. The van der Waals surface area contributed by atoms with Gasteiger partial charge in [-0.3, -0.25) is 0 Å². The van der Waals surface area contributed by atoms with Crippen molar-refractivity contribution in [3.8, 4) is 17.2 Å². The molecule has 2 aromatic carbocycles. The normalized spacial score (nSPS) is 12.2. The molecule has 4 rings (SSSR count). The first kappa shape index (κ1) is 8.64. The van der Waals surface area contributed by atoms with Gasteiger partial charge in [-0.25, -0.2) is 4.79 Å². The lowest BCUT2D eigenvalue weighted by atomic mass is 10.2. The first-order chi connectivity index (χ1) is 8.34. The molecular formula is C13H7NO3. The highest BCUT2D eigenvalue weighted by Crippen LogP contribution is 2.38. The summed E-state index contributed by atoms with van der Waals surface area (Å²) < 4.78 is 12.5. The molecule has 0 radical (unpaired) electrons. The van der Waals surface area contributed by atoms with Crippen LogP contribution in [0.5, 0.6) is 11.5 Å². The molecule has 0 atom stereocenters. The smallest absolute Gasteiger partial charge is 0.366 e. The Morgan fingerprint density at radius 3 is 2.71 bits per heavy atom. The van der Waals surface area contributed by atoms with E-state index >= 15 is 0 Å². The average Bonchev–Trinajstić information content (AvgIpc) is 2.70. The molecule has 82 valence electrons. The maximum Gasteiger partial charge on any atom is 0.366 e. The van der Waals surface area contributed by atoms with Crippen molar-refractivity contribution in [3.63, 3.8) is 0 Å². The first-order valence-corrected chi connectivity index (χ1v) is 5.27. The van der Waals surface area contributed by atoms with E-state index in [-0.39, 0.29) is 5.63 Å². The van der Waals surface area contributed by atoms with Crippen molar-refractivity contribution in [1.82, 2.24) is 4.74 Å². The van der Waals surface area contributed by atoms with Gasteiger partial charge in [-0.15, -0.1) is 0 Å². The second-order valence-electron chi connectivity index (χ2n) is 3.90. The third-order valence-electron chi connectivity index (χ3n) is 2.90. The lowest BCUT2D eigenvalue weighted by Gasteiger charge is -2.17. The largest absolute Gasteiger partial charge is 0.453 e. The molecule has 0 fully saturated rings. The summed E-state index contributed by atoms with van der Waals surface area (Å²) in [5.41, 5.74) is 1.09. The highest BCUT2D eigenvalue weighted by molar-refractivity contribution is 5.87. The van der Waals surface area contributed by atoms with Gasteiger partial charge in [-0.1, -0.05) is 18.2 Å². The van der Waals surface area contributed by atoms with Gasteiger partial charge in [-0.2, -0.15) is 4.74 Å². The van der Waals surface area contributed by atoms with Crippen LogP contribution in [0.3, 0.4) is 0 Å². The van der Waals surface area contributed by atoms with Crippen molar-refractivity contribution in [3.05, 3.63) is 52.9 Å². The summed E-state index contributed by atoms with van der Waals surface area (Å²) in [6.07, 6.45) is 0. The van der Waals surface area contributed by atoms with Gasteiger partial charge in [-0.05, 0) is 24.3 Å². The van der Waals surface area contributed by atoms with Gasteiger partial charge in [0, 0.05) is 0 Å². The Hall–Kier alpha value is -2.49. The summed E-state index contributed by atoms with van der Waals surface area (Å²) in [5.74, 6) is 1.33. The van der Waals surface area contributed by atoms with Crippen molar-refractivity contribution in [2.45, 2.75) is 0 Å². The van der Waals surface area contributed by atoms with Gasteiger partial charge in [0.05, 0.1) is 5.39 Å². The number of para-hydroxylation sites is 3. The number of hydrogen-bond acceptors (Lipinski definition) is 3. The molecule has 4 nitrogen and oxygen atoms in total. The van der Waals surface area contributed by atoms with Crippen LogP contribution in [0.1, 0.15) is 0 Å². The fourth-order valence-corrected chi connectivity index (χ4v) is 2.16. The molecule has 2 heterocycles. The van der Waals surface area contributed by atoms with Gasteiger partial charge < -0.3 is 9.26 Å². The third kappa shape index (κ3) is 0.990. The average molecular weight is 225 g/mol. The zero-order valence-corrected chi connectivity index (χ0v) is 8.71. The van der Waals surface area contributed by atoms with Crippen LogP contribution in [0.2, 0.25) is 0 Å². The highest BCUT2D eigenvalue weighted by Gasteiger charge is 2.22. The van der Waals surface area contributed by atoms with Crippen LogP contribution in [0.25, 0.3) is 16.6 Å². The van der Waals surface area contributed by atoms with Crippen molar-refractivity contribution in [2.75, 3.05) is 0 Å². The molecule has 0 bridgehead atoms. The van der Waals surface area contributed by atoms with Crippen LogP contribution in [0.15, 0.2) is 51.8 Å². The summed E-state index contributed by atoms with van der Waals surface area (Å²) in [5, 5.41) is 0.539. The zero-order valence-electron chi connectivity index (χ0n) is 8.71. The molecule has 0 unspecified atom stereocenters. The Balaban J connectivity index is 2.26. The SMILES string of the molecule is O=c1on2c3c(cccc13)Oc1ccccc1-2. The molecule has 0 N–H and O–H groups in total. The Kier molecular flexibility index (Phi) is 1.42. The monoisotopic (exact) mass is 225 g/mol. The summed E-state index contributed by atoms with van der Waals surface area (Å²) in [4.78, 5) is 11.7.